The molecule has 108 valence electrons. The highest BCUT2D eigenvalue weighted by Crippen LogP contribution is 2.31. The zero-order valence-electron chi connectivity index (χ0n) is 11.0. The predicted octanol–water partition coefficient (Wildman–Crippen LogP) is 2.13. The average molecular weight is 297 g/mol. The summed E-state index contributed by atoms with van der Waals surface area (Å²) in [4.78, 5) is 24.3. The van der Waals surface area contributed by atoms with Crippen molar-refractivity contribution < 1.29 is 14.7 Å². The van der Waals surface area contributed by atoms with Crippen molar-refractivity contribution in [2.75, 3.05) is 18.0 Å². The van der Waals surface area contributed by atoms with Crippen LogP contribution in [0.3, 0.4) is 0 Å². The zero-order valence-corrected chi connectivity index (χ0v) is 11.8. The third-order valence-corrected chi connectivity index (χ3v) is 3.97. The molecule has 5 nitrogen and oxygen atoms in total. The van der Waals surface area contributed by atoms with Crippen LogP contribution < -0.4 is 10.6 Å². The van der Waals surface area contributed by atoms with Crippen LogP contribution in [0.15, 0.2) is 18.2 Å². The number of rotatable bonds is 4. The molecule has 1 heterocycles. The molecule has 1 aromatic rings. The maximum atomic E-state index is 11.5. The maximum Gasteiger partial charge on any atom is 0.303 e. The SMILES string of the molecule is NC(=O)c1c(Cl)cccc1N1CCC(CC(=O)O)CC1. The second-order valence-electron chi connectivity index (χ2n) is 5.03. The minimum Gasteiger partial charge on any atom is -0.481 e. The van der Waals surface area contributed by atoms with Gasteiger partial charge in [-0.3, -0.25) is 9.59 Å². The van der Waals surface area contributed by atoms with Gasteiger partial charge in [0.15, 0.2) is 0 Å². The standard InChI is InChI=1S/C14H17ClN2O3/c15-10-2-1-3-11(13(10)14(16)20)17-6-4-9(5-7-17)8-12(18)19/h1-3,9H,4-8H2,(H2,16,20)(H,18,19). The average Bonchev–Trinajstić information content (AvgIpc) is 2.38. The topological polar surface area (TPSA) is 83.6 Å². The molecule has 1 aliphatic rings. The molecule has 0 spiro atoms. The van der Waals surface area contributed by atoms with Crippen molar-refractivity contribution in [3.63, 3.8) is 0 Å². The third-order valence-electron chi connectivity index (χ3n) is 3.66. The van der Waals surface area contributed by atoms with E-state index in [4.69, 9.17) is 22.4 Å². The van der Waals surface area contributed by atoms with Crippen molar-refractivity contribution in [1.29, 1.82) is 0 Å². The normalized spacial score (nSPS) is 16.1. The van der Waals surface area contributed by atoms with E-state index in [0.717, 1.165) is 18.5 Å². The van der Waals surface area contributed by atoms with Crippen molar-refractivity contribution in [1.82, 2.24) is 0 Å². The van der Waals surface area contributed by atoms with E-state index in [1.807, 2.05) is 11.0 Å². The Morgan fingerprint density at radius 1 is 1.35 bits per heavy atom. The summed E-state index contributed by atoms with van der Waals surface area (Å²) in [7, 11) is 0. The highest BCUT2D eigenvalue weighted by molar-refractivity contribution is 6.34. The van der Waals surface area contributed by atoms with Crippen LogP contribution in [0.4, 0.5) is 5.69 Å². The number of hydrogen-bond donors (Lipinski definition) is 2. The number of piperidine rings is 1. The van der Waals surface area contributed by atoms with Gasteiger partial charge < -0.3 is 15.7 Å². The van der Waals surface area contributed by atoms with Gasteiger partial charge in [-0.05, 0) is 30.9 Å². The number of aliphatic carboxylic acids is 1. The van der Waals surface area contributed by atoms with Gasteiger partial charge in [0.2, 0.25) is 0 Å². The molecule has 1 saturated heterocycles. The van der Waals surface area contributed by atoms with Crippen molar-refractivity contribution in [3.05, 3.63) is 28.8 Å². The monoisotopic (exact) mass is 296 g/mol. The number of hydrogen-bond acceptors (Lipinski definition) is 3. The van der Waals surface area contributed by atoms with Crippen LogP contribution in [-0.4, -0.2) is 30.1 Å². The van der Waals surface area contributed by atoms with Crippen molar-refractivity contribution in [3.8, 4) is 0 Å². The van der Waals surface area contributed by atoms with E-state index in [1.165, 1.54) is 0 Å². The van der Waals surface area contributed by atoms with Crippen LogP contribution in [0.2, 0.25) is 5.02 Å². The van der Waals surface area contributed by atoms with Gasteiger partial charge in [0.1, 0.15) is 0 Å². The molecule has 6 heteroatoms. The van der Waals surface area contributed by atoms with E-state index in [-0.39, 0.29) is 12.3 Å². The van der Waals surface area contributed by atoms with Gasteiger partial charge in [-0.1, -0.05) is 17.7 Å². The molecular weight excluding hydrogens is 280 g/mol. The van der Waals surface area contributed by atoms with Crippen LogP contribution >= 0.6 is 11.6 Å². The van der Waals surface area contributed by atoms with Crippen LogP contribution in [0, 0.1) is 5.92 Å². The van der Waals surface area contributed by atoms with Crippen LogP contribution in [0.25, 0.3) is 0 Å². The van der Waals surface area contributed by atoms with Gasteiger partial charge in [-0.25, -0.2) is 0 Å². The van der Waals surface area contributed by atoms with E-state index < -0.39 is 11.9 Å². The number of nitrogens with two attached hydrogens (primary N) is 1. The van der Waals surface area contributed by atoms with E-state index in [0.29, 0.717) is 23.7 Å². The molecule has 0 atom stereocenters. The molecule has 0 unspecified atom stereocenters. The van der Waals surface area contributed by atoms with Gasteiger partial charge in [-0.2, -0.15) is 0 Å². The van der Waals surface area contributed by atoms with E-state index >= 15 is 0 Å². The predicted molar refractivity (Wildman–Crippen MR) is 77.2 cm³/mol. The summed E-state index contributed by atoms with van der Waals surface area (Å²) in [5.74, 6) is -1.11. The van der Waals surface area contributed by atoms with Crippen molar-refractivity contribution >= 4 is 29.2 Å². The summed E-state index contributed by atoms with van der Waals surface area (Å²) in [5.41, 5.74) is 6.46. The van der Waals surface area contributed by atoms with Crippen molar-refractivity contribution in [2.24, 2.45) is 11.7 Å². The summed E-state index contributed by atoms with van der Waals surface area (Å²) in [6, 6.07) is 5.25. The maximum absolute atomic E-state index is 11.5. The Balaban J connectivity index is 2.13. The first kappa shape index (κ1) is 14.7. The molecule has 0 radical (unpaired) electrons. The smallest absolute Gasteiger partial charge is 0.303 e. The summed E-state index contributed by atoms with van der Waals surface area (Å²) < 4.78 is 0. The molecule has 1 fully saturated rings. The zero-order chi connectivity index (χ0) is 14.7. The number of benzene rings is 1. The molecule has 20 heavy (non-hydrogen) atoms. The minimum absolute atomic E-state index is 0.194. The number of halogens is 1. The number of carbonyl (C=O) groups excluding carboxylic acids is 1. The lowest BCUT2D eigenvalue weighted by atomic mass is 9.93. The summed E-state index contributed by atoms with van der Waals surface area (Å²) in [5, 5.41) is 9.16. The molecule has 1 amide bonds. The molecule has 2 rings (SSSR count). The second-order valence-corrected chi connectivity index (χ2v) is 5.43. The first-order valence-electron chi connectivity index (χ1n) is 6.54. The molecule has 0 aliphatic carbocycles. The Kier molecular flexibility index (Phi) is 4.49. The highest BCUT2D eigenvalue weighted by Gasteiger charge is 2.24. The lowest BCUT2D eigenvalue weighted by molar-refractivity contribution is -0.138. The quantitative estimate of drug-likeness (QED) is 0.891. The highest BCUT2D eigenvalue weighted by atomic mass is 35.5. The number of nitrogens with zero attached hydrogens (tertiary/aromatic N) is 1. The molecule has 1 aromatic carbocycles. The van der Waals surface area contributed by atoms with Crippen LogP contribution in [-0.2, 0) is 4.79 Å². The third kappa shape index (κ3) is 3.22. The van der Waals surface area contributed by atoms with Gasteiger partial charge in [0, 0.05) is 19.5 Å². The number of amides is 1. The van der Waals surface area contributed by atoms with E-state index in [1.54, 1.807) is 12.1 Å². The second kappa shape index (κ2) is 6.13. The summed E-state index contributed by atoms with van der Waals surface area (Å²) in [6.45, 7) is 1.41. The Bertz CT molecular complexity index is 525. The molecule has 0 bridgehead atoms. The fourth-order valence-electron chi connectivity index (χ4n) is 2.65. The molecule has 3 N–H and O–H groups in total. The number of primary amides is 1. The number of carbonyl (C=O) groups is 2. The Morgan fingerprint density at radius 3 is 2.55 bits per heavy atom. The first-order chi connectivity index (χ1) is 9.49. The summed E-state index contributed by atoms with van der Waals surface area (Å²) in [6.07, 6.45) is 1.78. The fourth-order valence-corrected chi connectivity index (χ4v) is 2.91. The molecule has 1 aliphatic heterocycles. The Hall–Kier alpha value is -1.75. The van der Waals surface area contributed by atoms with E-state index in [9.17, 15) is 9.59 Å². The lowest BCUT2D eigenvalue weighted by Crippen LogP contribution is -2.35. The molecular formula is C14H17ClN2O3. The van der Waals surface area contributed by atoms with Crippen LogP contribution in [0.1, 0.15) is 29.6 Å². The van der Waals surface area contributed by atoms with Gasteiger partial charge in [0.25, 0.3) is 5.91 Å². The number of anilines is 1. The lowest BCUT2D eigenvalue weighted by Gasteiger charge is -2.34. The van der Waals surface area contributed by atoms with Crippen molar-refractivity contribution in [2.45, 2.75) is 19.3 Å². The first-order valence-corrected chi connectivity index (χ1v) is 6.92. The minimum atomic E-state index is -0.760. The Morgan fingerprint density at radius 2 is 2.00 bits per heavy atom. The van der Waals surface area contributed by atoms with Crippen LogP contribution in [0.5, 0.6) is 0 Å². The Labute approximate surface area is 122 Å². The largest absolute Gasteiger partial charge is 0.481 e. The number of carboxylic acids is 1. The molecule has 0 saturated carbocycles. The van der Waals surface area contributed by atoms with E-state index in [2.05, 4.69) is 0 Å². The van der Waals surface area contributed by atoms with Gasteiger partial charge >= 0.3 is 5.97 Å². The molecule has 0 aromatic heterocycles. The van der Waals surface area contributed by atoms with Gasteiger partial charge in [-0.15, -0.1) is 0 Å². The van der Waals surface area contributed by atoms with Gasteiger partial charge in [0.05, 0.1) is 16.3 Å². The summed E-state index contributed by atoms with van der Waals surface area (Å²) >= 11 is 6.04. The number of carboxylic acid groups (broad SMARTS) is 1. The fraction of sp³-hybridized carbons (Fsp3) is 0.429.